The second-order valence-corrected chi connectivity index (χ2v) is 11.5. The van der Waals surface area contributed by atoms with Gasteiger partial charge in [0.15, 0.2) is 0 Å². The number of benzene rings is 4. The van der Waals surface area contributed by atoms with Gasteiger partial charge in [-0.15, -0.1) is 0 Å². The first-order chi connectivity index (χ1) is 20.6. The fourth-order valence-electron chi connectivity index (χ4n) is 4.28. The van der Waals surface area contributed by atoms with E-state index in [0.717, 1.165) is 25.6 Å². The minimum Gasteiger partial charge on any atom is -0.587 e. The third-order valence-corrected chi connectivity index (χ3v) is 7.86. The Balaban J connectivity index is 0.000000195. The van der Waals surface area contributed by atoms with E-state index in [0.29, 0.717) is 28.0 Å². The van der Waals surface area contributed by atoms with Crippen LogP contribution in [0.5, 0.6) is 11.5 Å². The molecule has 44 heavy (non-hydrogen) atoms. The Morgan fingerprint density at radius 2 is 1.05 bits per heavy atom. The summed E-state index contributed by atoms with van der Waals surface area (Å²) in [4.78, 5) is 47.7. The van der Waals surface area contributed by atoms with Gasteiger partial charge in [-0.1, -0.05) is 84.2 Å². The molecule has 0 unspecified atom stereocenters. The average Bonchev–Trinajstić information content (AvgIpc) is 3.44. The van der Waals surface area contributed by atoms with Crippen molar-refractivity contribution in [2.75, 3.05) is 14.2 Å². The van der Waals surface area contributed by atoms with E-state index < -0.39 is 11.8 Å². The van der Waals surface area contributed by atoms with E-state index in [4.69, 9.17) is 9.47 Å². The fraction of sp³-hybridized carbons (Fsp3) is 0.125. The standard InChI is InChI=1S/C16H12BrNO3.C8H8Br2O.C8H5NO2.K/c1-21-12-7-10(6-11(17)8-12)9-18-15(19)13-4-2-3-5-14(13)16(18)20;1-11-8-3-6(5-9)2-7(10)4-8;10-7-5-3-1-2-4-6(5)8(11)9-7;/h2-8H,9H2,1H3;2-4H,5H2,1H3;1-4H,(H,9,10,11);/q;;;+1/p-1. The number of alkyl halides is 1. The molecular weight excluding hydrogens is 787 g/mol. The molecule has 12 heteroatoms. The monoisotopic (exact) mass is 808 g/mol. The van der Waals surface area contributed by atoms with Crippen LogP contribution in [0.2, 0.25) is 0 Å². The zero-order valence-corrected chi connectivity index (χ0v) is 31.9. The topological polar surface area (TPSA) is 104 Å². The van der Waals surface area contributed by atoms with Crippen LogP contribution in [0.25, 0.3) is 5.32 Å². The van der Waals surface area contributed by atoms with Crippen molar-refractivity contribution in [3.05, 3.63) is 133 Å². The van der Waals surface area contributed by atoms with E-state index in [-0.39, 0.29) is 69.7 Å². The number of rotatable bonds is 5. The predicted octanol–water partition coefficient (Wildman–Crippen LogP) is 4.96. The molecule has 0 saturated carbocycles. The Morgan fingerprint density at radius 1 is 0.636 bits per heavy atom. The molecule has 6 rings (SSSR count). The van der Waals surface area contributed by atoms with Crippen LogP contribution in [0.3, 0.4) is 0 Å². The second kappa shape index (κ2) is 16.9. The number of amides is 4. The summed E-state index contributed by atoms with van der Waals surface area (Å²) >= 11 is 10.2. The molecule has 0 spiro atoms. The molecule has 2 aliphatic heterocycles. The number of fused-ring (bicyclic) bond motifs is 2. The van der Waals surface area contributed by atoms with E-state index >= 15 is 0 Å². The number of carbonyl (C=O) groups is 4. The molecule has 0 bridgehead atoms. The molecule has 4 aromatic carbocycles. The van der Waals surface area contributed by atoms with Crippen LogP contribution >= 0.6 is 47.8 Å². The van der Waals surface area contributed by atoms with Crippen molar-refractivity contribution in [1.82, 2.24) is 4.90 Å². The van der Waals surface area contributed by atoms with E-state index in [9.17, 15) is 19.2 Å². The van der Waals surface area contributed by atoms with Gasteiger partial charge in [0.25, 0.3) is 11.8 Å². The first kappa shape index (κ1) is 36.3. The number of methoxy groups -OCH3 is 2. The van der Waals surface area contributed by atoms with Crippen molar-refractivity contribution in [2.45, 2.75) is 11.9 Å². The van der Waals surface area contributed by atoms with Crippen molar-refractivity contribution in [3.63, 3.8) is 0 Å². The Hall–Kier alpha value is -2.16. The van der Waals surface area contributed by atoms with Crippen LogP contribution in [0.15, 0.2) is 93.9 Å². The van der Waals surface area contributed by atoms with Gasteiger partial charge < -0.3 is 24.4 Å². The van der Waals surface area contributed by atoms with Gasteiger partial charge in [0.05, 0.1) is 43.7 Å². The molecule has 8 nitrogen and oxygen atoms in total. The molecule has 0 saturated heterocycles. The molecule has 4 aromatic rings. The maximum Gasteiger partial charge on any atom is 1.00 e. The van der Waals surface area contributed by atoms with Crippen molar-refractivity contribution in [3.8, 4) is 11.5 Å². The third kappa shape index (κ3) is 8.97. The molecule has 2 aliphatic rings. The molecule has 0 fully saturated rings. The largest absolute Gasteiger partial charge is 1.00 e. The van der Waals surface area contributed by atoms with Gasteiger partial charge in [0.2, 0.25) is 0 Å². The van der Waals surface area contributed by atoms with Crippen LogP contribution in [0.4, 0.5) is 0 Å². The number of imide groups is 2. The number of carbonyl (C=O) groups excluding carboxylic acids is 4. The van der Waals surface area contributed by atoms with Gasteiger partial charge in [0, 0.05) is 25.4 Å². The minimum atomic E-state index is -0.425. The molecule has 2 heterocycles. The van der Waals surface area contributed by atoms with E-state index in [1.165, 1.54) is 10.5 Å². The van der Waals surface area contributed by atoms with Crippen LogP contribution < -0.4 is 60.9 Å². The second-order valence-electron chi connectivity index (χ2n) is 9.14. The summed E-state index contributed by atoms with van der Waals surface area (Å²) in [5.74, 6) is 0.199. The van der Waals surface area contributed by atoms with E-state index in [2.05, 4.69) is 59.2 Å². The molecular formula is C32H24Br3KN2O6. The smallest absolute Gasteiger partial charge is 0.587 e. The fourth-order valence-corrected chi connectivity index (χ4v) is 5.64. The van der Waals surface area contributed by atoms with Gasteiger partial charge in [-0.2, -0.15) is 0 Å². The molecule has 220 valence electrons. The van der Waals surface area contributed by atoms with Gasteiger partial charge in [-0.3, -0.25) is 14.5 Å². The zero-order valence-electron chi connectivity index (χ0n) is 24.0. The molecule has 0 aromatic heterocycles. The SMILES string of the molecule is COc1cc(Br)cc(CBr)c1.COc1cc(Br)cc(CN2C(=O)c3ccccc3C2=O)c1.O=C1[N-]C(=O)c2ccccc21.[K+]. The first-order valence-electron chi connectivity index (χ1n) is 12.7. The van der Waals surface area contributed by atoms with Gasteiger partial charge in [-0.25, -0.2) is 0 Å². The van der Waals surface area contributed by atoms with Crippen molar-refractivity contribution < 1.29 is 80.0 Å². The summed E-state index contributed by atoms with van der Waals surface area (Å²) < 4.78 is 12.2. The quantitative estimate of drug-likeness (QED) is 0.161. The molecule has 0 N–H and O–H groups in total. The zero-order chi connectivity index (χ0) is 31.1. The van der Waals surface area contributed by atoms with Crippen LogP contribution in [0.1, 0.15) is 52.6 Å². The first-order valence-corrected chi connectivity index (χ1v) is 15.4. The summed E-state index contributed by atoms with van der Waals surface area (Å²) in [6, 6.07) is 25.0. The summed E-state index contributed by atoms with van der Waals surface area (Å²) in [5.41, 5.74) is 3.79. The van der Waals surface area contributed by atoms with Crippen LogP contribution in [0, 0.1) is 0 Å². The Labute approximate surface area is 322 Å². The maximum absolute atomic E-state index is 12.3. The summed E-state index contributed by atoms with van der Waals surface area (Å²) in [6.45, 7) is 0.224. The Morgan fingerprint density at radius 3 is 1.48 bits per heavy atom. The normalized spacial score (nSPS) is 12.5. The molecule has 0 atom stereocenters. The van der Waals surface area contributed by atoms with E-state index in [1.54, 1.807) is 62.8 Å². The van der Waals surface area contributed by atoms with Gasteiger partial charge in [-0.05, 0) is 59.7 Å². The van der Waals surface area contributed by atoms with E-state index in [1.807, 2.05) is 30.3 Å². The number of hydrogen-bond donors (Lipinski definition) is 0. The summed E-state index contributed by atoms with van der Waals surface area (Å²) in [6.07, 6.45) is 0. The van der Waals surface area contributed by atoms with Crippen LogP contribution in [-0.4, -0.2) is 42.7 Å². The number of nitrogens with zero attached hydrogens (tertiary/aromatic N) is 2. The van der Waals surface area contributed by atoms with Gasteiger partial charge >= 0.3 is 51.4 Å². The average molecular weight is 811 g/mol. The third-order valence-electron chi connectivity index (χ3n) is 6.30. The van der Waals surface area contributed by atoms with Crippen LogP contribution in [-0.2, 0) is 11.9 Å². The summed E-state index contributed by atoms with van der Waals surface area (Å²) in [7, 11) is 3.24. The predicted molar refractivity (Wildman–Crippen MR) is 173 cm³/mol. The Kier molecular flexibility index (Phi) is 14.0. The van der Waals surface area contributed by atoms with Crippen molar-refractivity contribution in [1.29, 1.82) is 0 Å². The molecule has 0 aliphatic carbocycles. The molecule has 4 amide bonds. The van der Waals surface area contributed by atoms with Gasteiger partial charge in [0.1, 0.15) is 11.5 Å². The summed E-state index contributed by atoms with van der Waals surface area (Å²) in [5, 5.41) is 4.13. The number of hydrogen-bond acceptors (Lipinski definition) is 6. The maximum atomic E-state index is 12.3. The number of halogens is 3. The Bertz CT molecular complexity index is 1630. The van der Waals surface area contributed by atoms with Crippen molar-refractivity contribution in [2.24, 2.45) is 0 Å². The number of ether oxygens (including phenoxy) is 2. The minimum absolute atomic E-state index is 0. The van der Waals surface area contributed by atoms with Crippen molar-refractivity contribution >= 4 is 71.4 Å². The molecule has 0 radical (unpaired) electrons.